The molecule has 0 heterocycles. The van der Waals surface area contributed by atoms with Crippen LogP contribution in [0.15, 0.2) is 0 Å². The zero-order valence-corrected chi connectivity index (χ0v) is 11.2. The monoisotopic (exact) mass is 246 g/mol. The fraction of sp³-hybridized carbons (Fsp3) is 0.833. The molecule has 100 valence electrons. The van der Waals surface area contributed by atoms with Crippen LogP contribution in [0.2, 0.25) is 0 Å². The van der Waals surface area contributed by atoms with Gasteiger partial charge in [0.05, 0.1) is 18.6 Å². The van der Waals surface area contributed by atoms with Crippen LogP contribution >= 0.6 is 0 Å². The minimum atomic E-state index is -0.709. The SMILES string of the molecule is CCOC(=O)OC(C)CC(C)(C)C(=O)OCC. The number of carbonyl (C=O) groups is 2. The molecule has 0 fully saturated rings. The Kier molecular flexibility index (Phi) is 6.61. The molecule has 0 aliphatic rings. The molecular weight excluding hydrogens is 224 g/mol. The fourth-order valence-electron chi connectivity index (χ4n) is 1.49. The molecule has 0 rings (SSSR count). The van der Waals surface area contributed by atoms with Crippen molar-refractivity contribution in [2.45, 2.75) is 47.1 Å². The molecule has 0 aromatic carbocycles. The van der Waals surface area contributed by atoms with Crippen LogP contribution in [-0.4, -0.2) is 31.4 Å². The molecule has 0 bridgehead atoms. The van der Waals surface area contributed by atoms with E-state index in [0.29, 0.717) is 13.0 Å². The van der Waals surface area contributed by atoms with E-state index in [2.05, 4.69) is 4.74 Å². The van der Waals surface area contributed by atoms with E-state index in [0.717, 1.165) is 0 Å². The summed E-state index contributed by atoms with van der Waals surface area (Å²) < 4.78 is 14.6. The second kappa shape index (κ2) is 7.14. The molecular formula is C12H22O5. The summed E-state index contributed by atoms with van der Waals surface area (Å²) in [6.45, 7) is 9.31. The molecule has 17 heavy (non-hydrogen) atoms. The van der Waals surface area contributed by atoms with Gasteiger partial charge in [-0.2, -0.15) is 0 Å². The number of esters is 1. The second-order valence-corrected chi connectivity index (χ2v) is 4.42. The van der Waals surface area contributed by atoms with Crippen LogP contribution in [0.25, 0.3) is 0 Å². The summed E-state index contributed by atoms with van der Waals surface area (Å²) in [5.41, 5.74) is -0.679. The summed E-state index contributed by atoms with van der Waals surface area (Å²) >= 11 is 0. The molecule has 1 unspecified atom stereocenters. The summed E-state index contributed by atoms with van der Waals surface area (Å²) in [7, 11) is 0. The van der Waals surface area contributed by atoms with E-state index in [1.165, 1.54) is 0 Å². The lowest BCUT2D eigenvalue weighted by molar-refractivity contribution is -0.155. The smallest absolute Gasteiger partial charge is 0.466 e. The lowest BCUT2D eigenvalue weighted by atomic mass is 9.87. The molecule has 0 aromatic rings. The van der Waals surface area contributed by atoms with E-state index in [4.69, 9.17) is 9.47 Å². The third-order valence-corrected chi connectivity index (χ3v) is 2.19. The molecule has 5 nitrogen and oxygen atoms in total. The van der Waals surface area contributed by atoms with Gasteiger partial charge in [0.15, 0.2) is 0 Å². The molecule has 0 aliphatic carbocycles. The highest BCUT2D eigenvalue weighted by Gasteiger charge is 2.32. The number of hydrogen-bond acceptors (Lipinski definition) is 5. The summed E-state index contributed by atoms with van der Waals surface area (Å²) in [4.78, 5) is 22.7. The van der Waals surface area contributed by atoms with Crippen LogP contribution in [-0.2, 0) is 19.0 Å². The minimum Gasteiger partial charge on any atom is -0.466 e. The molecule has 5 heteroatoms. The predicted octanol–water partition coefficient (Wildman–Crippen LogP) is 2.53. The van der Waals surface area contributed by atoms with Crippen LogP contribution in [0.1, 0.15) is 41.0 Å². The average Bonchev–Trinajstić information content (AvgIpc) is 2.16. The van der Waals surface area contributed by atoms with Gasteiger partial charge >= 0.3 is 12.1 Å². The fourth-order valence-corrected chi connectivity index (χ4v) is 1.49. The van der Waals surface area contributed by atoms with Gasteiger partial charge in [-0.3, -0.25) is 4.79 Å². The lowest BCUT2D eigenvalue weighted by Crippen LogP contribution is -2.32. The molecule has 0 N–H and O–H groups in total. The molecule has 0 amide bonds. The van der Waals surface area contributed by atoms with E-state index < -0.39 is 17.7 Å². The highest BCUT2D eigenvalue weighted by molar-refractivity contribution is 5.75. The first-order chi connectivity index (χ1) is 7.83. The summed E-state index contributed by atoms with van der Waals surface area (Å²) in [5, 5.41) is 0. The Hall–Kier alpha value is -1.26. The van der Waals surface area contributed by atoms with Crippen LogP contribution in [0.4, 0.5) is 4.79 Å². The van der Waals surface area contributed by atoms with Gasteiger partial charge in [-0.05, 0) is 41.0 Å². The van der Waals surface area contributed by atoms with Crippen molar-refractivity contribution in [2.75, 3.05) is 13.2 Å². The maximum absolute atomic E-state index is 11.6. The van der Waals surface area contributed by atoms with Gasteiger partial charge in [0.1, 0.15) is 6.10 Å². The second-order valence-electron chi connectivity index (χ2n) is 4.42. The van der Waals surface area contributed by atoms with Crippen molar-refractivity contribution < 1.29 is 23.8 Å². The van der Waals surface area contributed by atoms with Crippen LogP contribution in [0.3, 0.4) is 0 Å². The third-order valence-electron chi connectivity index (χ3n) is 2.19. The third kappa shape index (κ3) is 6.14. The Morgan fingerprint density at radius 2 is 1.65 bits per heavy atom. The van der Waals surface area contributed by atoms with Gasteiger partial charge in [0.25, 0.3) is 0 Å². The van der Waals surface area contributed by atoms with Crippen molar-refractivity contribution in [1.29, 1.82) is 0 Å². The Bertz CT molecular complexity index is 260. The van der Waals surface area contributed by atoms with E-state index in [-0.39, 0.29) is 12.6 Å². The minimum absolute atomic E-state index is 0.271. The van der Waals surface area contributed by atoms with E-state index >= 15 is 0 Å². The number of hydrogen-bond donors (Lipinski definition) is 0. The Labute approximate surface area is 102 Å². The first kappa shape index (κ1) is 15.7. The van der Waals surface area contributed by atoms with Crippen molar-refractivity contribution in [1.82, 2.24) is 0 Å². The van der Waals surface area contributed by atoms with Gasteiger partial charge in [-0.1, -0.05) is 0 Å². The van der Waals surface area contributed by atoms with Crippen molar-refractivity contribution in [2.24, 2.45) is 5.41 Å². The van der Waals surface area contributed by atoms with E-state index in [9.17, 15) is 9.59 Å². The zero-order valence-electron chi connectivity index (χ0n) is 11.2. The Morgan fingerprint density at radius 3 is 2.12 bits per heavy atom. The summed E-state index contributed by atoms with van der Waals surface area (Å²) in [5.74, 6) is -0.292. The Balaban J connectivity index is 4.21. The first-order valence-electron chi connectivity index (χ1n) is 5.84. The molecule has 0 saturated carbocycles. The summed E-state index contributed by atoms with van der Waals surface area (Å²) in [6, 6.07) is 0. The molecule has 0 aliphatic heterocycles. The van der Waals surface area contributed by atoms with Crippen molar-refractivity contribution >= 4 is 12.1 Å². The standard InChI is InChI=1S/C12H22O5/c1-6-15-10(13)12(4,5)8-9(3)17-11(14)16-7-2/h9H,6-8H2,1-5H3. The van der Waals surface area contributed by atoms with Crippen molar-refractivity contribution in [3.63, 3.8) is 0 Å². The van der Waals surface area contributed by atoms with E-state index in [1.807, 2.05) is 0 Å². The lowest BCUT2D eigenvalue weighted by Gasteiger charge is -2.25. The van der Waals surface area contributed by atoms with Crippen LogP contribution in [0.5, 0.6) is 0 Å². The molecule has 0 aromatic heterocycles. The van der Waals surface area contributed by atoms with Gasteiger partial charge in [0.2, 0.25) is 0 Å². The first-order valence-corrected chi connectivity index (χ1v) is 5.84. The molecule has 0 spiro atoms. The highest BCUT2D eigenvalue weighted by Crippen LogP contribution is 2.25. The van der Waals surface area contributed by atoms with Gasteiger partial charge in [-0.15, -0.1) is 0 Å². The summed E-state index contributed by atoms with van der Waals surface area (Å²) in [6.07, 6.45) is -0.710. The number of ether oxygens (including phenoxy) is 3. The number of rotatable bonds is 6. The van der Waals surface area contributed by atoms with Crippen molar-refractivity contribution in [3.05, 3.63) is 0 Å². The van der Waals surface area contributed by atoms with E-state index in [1.54, 1.807) is 34.6 Å². The van der Waals surface area contributed by atoms with Gasteiger partial charge in [-0.25, -0.2) is 4.79 Å². The van der Waals surface area contributed by atoms with Gasteiger partial charge < -0.3 is 14.2 Å². The van der Waals surface area contributed by atoms with Crippen molar-refractivity contribution in [3.8, 4) is 0 Å². The zero-order chi connectivity index (χ0) is 13.5. The molecule has 1 atom stereocenters. The van der Waals surface area contributed by atoms with Crippen LogP contribution in [0, 0.1) is 5.41 Å². The topological polar surface area (TPSA) is 61.8 Å². The average molecular weight is 246 g/mol. The predicted molar refractivity (Wildman–Crippen MR) is 62.6 cm³/mol. The normalized spacial score (nSPS) is 12.8. The molecule has 0 radical (unpaired) electrons. The maximum Gasteiger partial charge on any atom is 0.508 e. The van der Waals surface area contributed by atoms with Gasteiger partial charge in [0, 0.05) is 0 Å². The van der Waals surface area contributed by atoms with Crippen LogP contribution < -0.4 is 0 Å². The number of carbonyl (C=O) groups excluding carboxylic acids is 2. The highest BCUT2D eigenvalue weighted by atomic mass is 16.7. The largest absolute Gasteiger partial charge is 0.508 e. The Morgan fingerprint density at radius 1 is 1.12 bits per heavy atom. The molecule has 0 saturated heterocycles. The maximum atomic E-state index is 11.6. The quantitative estimate of drug-likeness (QED) is 0.674.